The minimum Gasteiger partial charge on any atom is -0.464 e. The van der Waals surface area contributed by atoms with Gasteiger partial charge in [0.25, 0.3) is 0 Å². The number of rotatable bonds is 4. The molecule has 120 valence electrons. The maximum atomic E-state index is 12.4. The molecule has 0 amide bonds. The molecule has 3 nitrogen and oxygen atoms in total. The van der Waals surface area contributed by atoms with Gasteiger partial charge in [-0.1, -0.05) is 44.2 Å². The number of nitrogens with zero attached hydrogens (tertiary/aromatic N) is 1. The van der Waals surface area contributed by atoms with Gasteiger partial charge in [-0.05, 0) is 42.2 Å². The summed E-state index contributed by atoms with van der Waals surface area (Å²) in [6.07, 6.45) is 0.695. The highest BCUT2D eigenvalue weighted by Gasteiger charge is 2.36. The van der Waals surface area contributed by atoms with E-state index in [4.69, 9.17) is 4.74 Å². The Balaban J connectivity index is 1.99. The van der Waals surface area contributed by atoms with Gasteiger partial charge in [0.1, 0.15) is 6.04 Å². The van der Waals surface area contributed by atoms with Crippen molar-refractivity contribution in [3.63, 3.8) is 0 Å². The molecule has 0 aliphatic carbocycles. The molecule has 1 unspecified atom stereocenters. The highest BCUT2D eigenvalue weighted by Crippen LogP contribution is 2.39. The van der Waals surface area contributed by atoms with Crippen LogP contribution in [0, 0.1) is 0 Å². The van der Waals surface area contributed by atoms with Gasteiger partial charge in [0, 0.05) is 17.8 Å². The molecule has 0 N–H and O–H groups in total. The van der Waals surface area contributed by atoms with Crippen molar-refractivity contribution >= 4 is 17.3 Å². The summed E-state index contributed by atoms with van der Waals surface area (Å²) >= 11 is 0. The largest absolute Gasteiger partial charge is 0.464 e. The van der Waals surface area contributed by atoms with Crippen LogP contribution in [0.4, 0.5) is 11.4 Å². The molecule has 1 heterocycles. The van der Waals surface area contributed by atoms with E-state index in [1.807, 2.05) is 19.1 Å². The Morgan fingerprint density at radius 2 is 1.87 bits per heavy atom. The van der Waals surface area contributed by atoms with Crippen molar-refractivity contribution in [3.05, 3.63) is 59.7 Å². The summed E-state index contributed by atoms with van der Waals surface area (Å²) in [5, 5.41) is 0. The summed E-state index contributed by atoms with van der Waals surface area (Å²) < 4.78 is 5.29. The van der Waals surface area contributed by atoms with Crippen molar-refractivity contribution in [1.29, 1.82) is 0 Å². The van der Waals surface area contributed by atoms with Crippen LogP contribution in [-0.4, -0.2) is 18.6 Å². The molecule has 1 atom stereocenters. The van der Waals surface area contributed by atoms with Crippen LogP contribution in [0.2, 0.25) is 0 Å². The number of anilines is 2. The summed E-state index contributed by atoms with van der Waals surface area (Å²) in [5.74, 6) is 0.340. The first-order valence-electron chi connectivity index (χ1n) is 8.25. The van der Waals surface area contributed by atoms with Crippen LogP contribution in [0.1, 0.15) is 37.8 Å². The average molecular weight is 309 g/mol. The maximum Gasteiger partial charge on any atom is 0.329 e. The maximum absolute atomic E-state index is 12.4. The van der Waals surface area contributed by atoms with Gasteiger partial charge in [-0.2, -0.15) is 0 Å². The van der Waals surface area contributed by atoms with Crippen molar-refractivity contribution in [2.45, 2.75) is 39.2 Å². The van der Waals surface area contributed by atoms with Crippen molar-refractivity contribution in [2.24, 2.45) is 0 Å². The predicted molar refractivity (Wildman–Crippen MR) is 93.2 cm³/mol. The van der Waals surface area contributed by atoms with E-state index >= 15 is 0 Å². The highest BCUT2D eigenvalue weighted by atomic mass is 16.5. The SMILES string of the molecule is CCOC(=O)C1Cc2ccccc2N1c1ccc(C(C)C)cc1. The molecule has 3 rings (SSSR count). The number of esters is 1. The zero-order chi connectivity index (χ0) is 16.4. The Bertz CT molecular complexity index is 691. The molecule has 3 heteroatoms. The summed E-state index contributed by atoms with van der Waals surface area (Å²) in [6.45, 7) is 6.62. The van der Waals surface area contributed by atoms with Crippen molar-refractivity contribution in [3.8, 4) is 0 Å². The topological polar surface area (TPSA) is 29.5 Å². The molecular formula is C20H23NO2. The van der Waals surface area contributed by atoms with E-state index < -0.39 is 0 Å². The quantitative estimate of drug-likeness (QED) is 0.782. The molecule has 0 spiro atoms. The van der Waals surface area contributed by atoms with Crippen LogP contribution in [0.15, 0.2) is 48.5 Å². The highest BCUT2D eigenvalue weighted by molar-refractivity contribution is 5.88. The van der Waals surface area contributed by atoms with E-state index in [2.05, 4.69) is 55.1 Å². The molecule has 0 bridgehead atoms. The van der Waals surface area contributed by atoms with E-state index in [1.54, 1.807) is 0 Å². The summed E-state index contributed by atoms with van der Waals surface area (Å²) in [4.78, 5) is 14.5. The fourth-order valence-corrected chi connectivity index (χ4v) is 3.15. The van der Waals surface area contributed by atoms with Crippen LogP contribution in [0.3, 0.4) is 0 Å². The molecule has 0 saturated heterocycles. The van der Waals surface area contributed by atoms with Crippen LogP contribution in [-0.2, 0) is 16.0 Å². The first-order valence-corrected chi connectivity index (χ1v) is 8.25. The van der Waals surface area contributed by atoms with Gasteiger partial charge in [0.15, 0.2) is 0 Å². The van der Waals surface area contributed by atoms with Crippen LogP contribution >= 0.6 is 0 Å². The Morgan fingerprint density at radius 3 is 2.52 bits per heavy atom. The second kappa shape index (κ2) is 6.45. The van der Waals surface area contributed by atoms with E-state index in [1.165, 1.54) is 11.1 Å². The minimum absolute atomic E-state index is 0.156. The molecule has 23 heavy (non-hydrogen) atoms. The predicted octanol–water partition coefficient (Wildman–Crippen LogP) is 4.44. The number of para-hydroxylation sites is 1. The van der Waals surface area contributed by atoms with E-state index in [0.717, 1.165) is 11.4 Å². The van der Waals surface area contributed by atoms with E-state index in [9.17, 15) is 4.79 Å². The summed E-state index contributed by atoms with van der Waals surface area (Å²) in [5.41, 5.74) is 4.63. The number of carbonyl (C=O) groups excluding carboxylic acids is 1. The first kappa shape index (κ1) is 15.6. The molecule has 0 radical (unpaired) electrons. The normalized spacial score (nSPS) is 16.5. The Labute approximate surface area is 137 Å². The smallest absolute Gasteiger partial charge is 0.329 e. The molecule has 1 aliphatic rings. The zero-order valence-electron chi connectivity index (χ0n) is 14.0. The number of carbonyl (C=O) groups is 1. The third-order valence-corrected chi connectivity index (χ3v) is 4.37. The van der Waals surface area contributed by atoms with E-state index in [0.29, 0.717) is 18.9 Å². The fraction of sp³-hybridized carbons (Fsp3) is 0.350. The molecule has 2 aromatic carbocycles. The fourth-order valence-electron chi connectivity index (χ4n) is 3.15. The van der Waals surface area contributed by atoms with Gasteiger partial charge < -0.3 is 9.64 Å². The lowest BCUT2D eigenvalue weighted by atomic mass is 10.0. The number of hydrogen-bond donors (Lipinski definition) is 0. The second-order valence-corrected chi connectivity index (χ2v) is 6.22. The van der Waals surface area contributed by atoms with Crippen molar-refractivity contribution in [1.82, 2.24) is 0 Å². The molecule has 0 fully saturated rings. The van der Waals surface area contributed by atoms with Gasteiger partial charge in [-0.25, -0.2) is 4.79 Å². The van der Waals surface area contributed by atoms with Gasteiger partial charge in [0.2, 0.25) is 0 Å². The van der Waals surface area contributed by atoms with Crippen molar-refractivity contribution < 1.29 is 9.53 Å². The minimum atomic E-state index is -0.280. The first-order chi connectivity index (χ1) is 11.1. The Hall–Kier alpha value is -2.29. The molecule has 2 aromatic rings. The van der Waals surface area contributed by atoms with Gasteiger partial charge in [0.05, 0.1) is 6.61 Å². The van der Waals surface area contributed by atoms with Crippen LogP contribution in [0.25, 0.3) is 0 Å². The lowest BCUT2D eigenvalue weighted by Crippen LogP contribution is -2.36. The van der Waals surface area contributed by atoms with Gasteiger partial charge in [-0.15, -0.1) is 0 Å². The monoisotopic (exact) mass is 309 g/mol. The van der Waals surface area contributed by atoms with Gasteiger partial charge >= 0.3 is 5.97 Å². The summed E-state index contributed by atoms with van der Waals surface area (Å²) in [7, 11) is 0. The van der Waals surface area contributed by atoms with Gasteiger partial charge in [-0.3, -0.25) is 0 Å². The third kappa shape index (κ3) is 2.96. The lowest BCUT2D eigenvalue weighted by molar-refractivity contribution is -0.144. The molecule has 1 aliphatic heterocycles. The summed E-state index contributed by atoms with van der Waals surface area (Å²) in [6, 6.07) is 16.4. The third-order valence-electron chi connectivity index (χ3n) is 4.37. The van der Waals surface area contributed by atoms with Crippen LogP contribution < -0.4 is 4.90 Å². The lowest BCUT2D eigenvalue weighted by Gasteiger charge is -2.26. The molecular weight excluding hydrogens is 286 g/mol. The Kier molecular flexibility index (Phi) is 4.37. The Morgan fingerprint density at radius 1 is 1.17 bits per heavy atom. The van der Waals surface area contributed by atoms with Crippen LogP contribution in [0.5, 0.6) is 0 Å². The molecule has 0 saturated carbocycles. The average Bonchev–Trinajstić information content (AvgIpc) is 2.94. The second-order valence-electron chi connectivity index (χ2n) is 6.22. The van der Waals surface area contributed by atoms with Crippen molar-refractivity contribution in [2.75, 3.05) is 11.5 Å². The number of fused-ring (bicyclic) bond motifs is 1. The number of ether oxygens (including phenoxy) is 1. The standard InChI is InChI=1S/C20H23NO2/c1-4-23-20(22)19-13-16-7-5-6-8-18(16)21(19)17-11-9-15(10-12-17)14(2)3/h5-12,14,19H,4,13H2,1-3H3. The van der Waals surface area contributed by atoms with E-state index in [-0.39, 0.29) is 12.0 Å². The number of hydrogen-bond acceptors (Lipinski definition) is 3. The number of benzene rings is 2. The molecule has 0 aromatic heterocycles. The zero-order valence-corrected chi connectivity index (χ0v) is 14.0.